The maximum Gasteiger partial charge on any atom is 0.158 e. The van der Waals surface area contributed by atoms with Gasteiger partial charge < -0.3 is 56.8 Å². The van der Waals surface area contributed by atoms with Gasteiger partial charge in [-0.3, -0.25) is 28.8 Å². The van der Waals surface area contributed by atoms with Gasteiger partial charge in [-0.05, 0) is 155 Å². The maximum atomic E-state index is 12.8. The lowest BCUT2D eigenvalue weighted by Crippen LogP contribution is -2.30. The van der Waals surface area contributed by atoms with Crippen LogP contribution in [0.3, 0.4) is 0 Å². The van der Waals surface area contributed by atoms with E-state index in [0.717, 1.165) is 180 Å². The van der Waals surface area contributed by atoms with Crippen LogP contribution >= 0.6 is 0 Å². The van der Waals surface area contributed by atoms with E-state index in [1.807, 2.05) is 35.5 Å². The van der Waals surface area contributed by atoms with E-state index in [1.54, 1.807) is 7.11 Å². The fourth-order valence-electron chi connectivity index (χ4n) is 18.0. The first-order chi connectivity index (χ1) is 68.1. The minimum absolute atomic E-state index is 0.0000498. The largest absolute Gasteiger partial charge is 0.381 e. The molecule has 0 radical (unpaired) electrons. The van der Waals surface area contributed by atoms with Crippen LogP contribution in [0.2, 0.25) is 0 Å². The number of carbonyl (C=O) groups is 6. The predicted octanol–water partition coefficient (Wildman–Crippen LogP) is 32.9. The monoisotopic (exact) mass is 1970 g/mol. The molecule has 6 unspecified atom stereocenters. The molecule has 139 heavy (non-hydrogen) atoms. The Morgan fingerprint density at radius 3 is 0.576 bits per heavy atom. The third kappa shape index (κ3) is 105. The second-order valence-electron chi connectivity index (χ2n) is 40.9. The van der Waals surface area contributed by atoms with Gasteiger partial charge in [-0.2, -0.15) is 0 Å². The molecule has 0 aliphatic heterocycles. The van der Waals surface area contributed by atoms with Crippen LogP contribution in [0.5, 0.6) is 0 Å². The molecule has 0 aromatic carbocycles. The Kier molecular flexibility index (Phi) is 113. The van der Waals surface area contributed by atoms with Crippen LogP contribution in [-0.4, -0.2) is 192 Å². The summed E-state index contributed by atoms with van der Waals surface area (Å²) >= 11 is 0. The van der Waals surface area contributed by atoms with Crippen molar-refractivity contribution in [1.29, 1.82) is 0 Å². The van der Waals surface area contributed by atoms with Crippen molar-refractivity contribution in [1.82, 2.24) is 0 Å². The Labute approximate surface area is 858 Å². The lowest BCUT2D eigenvalue weighted by molar-refractivity contribution is -0.135. The molecule has 0 saturated heterocycles. The molecule has 0 rings (SSSR count). The minimum atomic E-state index is -0.523. The quantitative estimate of drug-likeness (QED) is 0.0409. The summed E-state index contributed by atoms with van der Waals surface area (Å²) in [6.07, 6.45) is 103. The van der Waals surface area contributed by atoms with Gasteiger partial charge in [0.15, 0.2) is 34.7 Å². The van der Waals surface area contributed by atoms with Gasteiger partial charge in [0.2, 0.25) is 0 Å². The van der Waals surface area contributed by atoms with Crippen LogP contribution in [-0.2, 0) is 85.6 Å². The fraction of sp³-hybridized carbons (Fsp3) is 0.901. The van der Waals surface area contributed by atoms with Crippen molar-refractivity contribution in [2.45, 2.75) is 598 Å². The molecule has 0 aromatic heterocycles. The number of carbonyl (C=O) groups excluding carboxylic acids is 6. The molecule has 0 aromatic rings. The summed E-state index contributed by atoms with van der Waals surface area (Å²) in [7, 11) is 11.0. The zero-order valence-corrected chi connectivity index (χ0v) is 93.4. The normalized spacial score (nSPS) is 13.6. The van der Waals surface area contributed by atoms with Crippen LogP contribution in [0, 0.1) is 0 Å². The van der Waals surface area contributed by atoms with E-state index in [9.17, 15) is 28.8 Å². The molecule has 0 saturated carbocycles. The highest BCUT2D eigenvalue weighted by Gasteiger charge is 2.20. The average molecular weight is 1970 g/mol. The molecule has 6 atom stereocenters. The van der Waals surface area contributed by atoms with Gasteiger partial charge in [-0.1, -0.05) is 392 Å². The van der Waals surface area contributed by atoms with Crippen molar-refractivity contribution >= 4 is 34.7 Å². The predicted molar refractivity (Wildman–Crippen MR) is 584 cm³/mol. The van der Waals surface area contributed by atoms with Gasteiger partial charge in [0, 0.05) is 81.2 Å². The Hall–Kier alpha value is -3.24. The van der Waals surface area contributed by atoms with E-state index in [-0.39, 0.29) is 107 Å². The molecule has 0 fully saturated rings. The standard InChI is InChI=1S/C63H122O9.C58H106O9/c1-7-10-13-37-46-60(67-4)49-40-31-25-19-16-22-28-34-43-57(64)52-70-55-63(72-54-59(66)45-36-30-24-18-21-27-33-42-51-62(69-6)48-39-15-12-9-3)56-71-53-58(65)44-35-29-23-17-20-26-32-41-50-61(68-5)47-38-14-11-8-2;1-7-9-11-35-43-56(63-5)45-37-29-23-17-15-20-26-32-40-53(59)47-65-50-58(67-49-55(61)42-34-28-22-14-13-19-25-31-39-52(3)62-4)51-66-48-54(60)41-33-27-21-16-18-24-30-38-46-57(64-6)44-36-12-10-8-2/h60-63H,7-56H2,1-6H3;25,29-31,37-38,52,56-58H,7-24,26-28,32-36,39-51H2,1-6H3/b;31-25-,37-29-,38-30-. The van der Waals surface area contributed by atoms with Crippen LogP contribution < -0.4 is 0 Å². The van der Waals surface area contributed by atoms with Crippen LogP contribution in [0.4, 0.5) is 0 Å². The summed E-state index contributed by atoms with van der Waals surface area (Å²) in [5.41, 5.74) is 0. The Bertz CT molecular complexity index is 2550. The van der Waals surface area contributed by atoms with Crippen LogP contribution in [0.25, 0.3) is 0 Å². The molecular weight excluding hydrogens is 1740 g/mol. The number of unbranched alkanes of at least 4 members (excludes halogenated alkanes) is 51. The van der Waals surface area contributed by atoms with E-state index < -0.39 is 12.2 Å². The number of Topliss-reactive ketones (excluding diaryl/α,β-unsaturated/α-hetero) is 6. The summed E-state index contributed by atoms with van der Waals surface area (Å²) in [5, 5.41) is 0. The van der Waals surface area contributed by atoms with Crippen LogP contribution in [0.1, 0.15) is 549 Å². The third-order valence-electron chi connectivity index (χ3n) is 27.6. The Balaban J connectivity index is 0. The molecule has 0 spiro atoms. The second kappa shape index (κ2) is 113. The van der Waals surface area contributed by atoms with Crippen molar-refractivity contribution in [2.75, 3.05) is 109 Å². The summed E-state index contributed by atoms with van der Waals surface area (Å²) in [6.45, 7) is 14.0. The summed E-state index contributed by atoms with van der Waals surface area (Å²) < 4.78 is 69.0. The van der Waals surface area contributed by atoms with E-state index in [0.29, 0.717) is 69.0 Å². The molecule has 0 heterocycles. The highest BCUT2D eigenvalue weighted by atomic mass is 16.6. The molecule has 0 amide bonds. The van der Waals surface area contributed by atoms with E-state index >= 15 is 0 Å². The molecule has 820 valence electrons. The number of methoxy groups -OCH3 is 6. The van der Waals surface area contributed by atoms with Crippen molar-refractivity contribution in [3.05, 3.63) is 36.5 Å². The van der Waals surface area contributed by atoms with Gasteiger partial charge in [0.1, 0.15) is 51.8 Å². The van der Waals surface area contributed by atoms with Gasteiger partial charge in [-0.15, -0.1) is 0 Å². The fourth-order valence-corrected chi connectivity index (χ4v) is 18.0. The maximum absolute atomic E-state index is 12.8. The zero-order valence-electron chi connectivity index (χ0n) is 93.4. The van der Waals surface area contributed by atoms with Crippen LogP contribution in [0.15, 0.2) is 36.5 Å². The lowest BCUT2D eigenvalue weighted by Gasteiger charge is -2.18. The van der Waals surface area contributed by atoms with Crippen molar-refractivity contribution in [3.8, 4) is 0 Å². The highest BCUT2D eigenvalue weighted by Crippen LogP contribution is 2.24. The van der Waals surface area contributed by atoms with Gasteiger partial charge >= 0.3 is 0 Å². The van der Waals surface area contributed by atoms with Gasteiger partial charge in [-0.25, -0.2) is 0 Å². The van der Waals surface area contributed by atoms with Crippen molar-refractivity contribution in [3.63, 3.8) is 0 Å². The second-order valence-corrected chi connectivity index (χ2v) is 40.9. The van der Waals surface area contributed by atoms with Gasteiger partial charge in [0.25, 0.3) is 0 Å². The smallest absolute Gasteiger partial charge is 0.158 e. The van der Waals surface area contributed by atoms with E-state index in [2.05, 4.69) is 78.0 Å². The summed E-state index contributed by atoms with van der Waals surface area (Å²) in [5.74, 6) is 0.483. The first kappa shape index (κ1) is 138. The molecule has 18 nitrogen and oxygen atoms in total. The molecular formula is C121H228O18. The topological polar surface area (TPSA) is 213 Å². The van der Waals surface area contributed by atoms with Gasteiger partial charge in [0.05, 0.1) is 63.1 Å². The molecule has 0 N–H and O–H groups in total. The number of hydrogen-bond acceptors (Lipinski definition) is 18. The number of ether oxygens (including phenoxy) is 12. The molecule has 0 aliphatic rings. The third-order valence-corrected chi connectivity index (χ3v) is 27.6. The molecule has 0 bridgehead atoms. The van der Waals surface area contributed by atoms with E-state index in [1.165, 1.54) is 289 Å². The number of ketones is 6. The first-order valence-electron chi connectivity index (χ1n) is 58.9. The first-order valence-corrected chi connectivity index (χ1v) is 58.9. The average Bonchev–Trinajstić information content (AvgIpc) is 0.952. The van der Waals surface area contributed by atoms with Crippen molar-refractivity contribution < 1.29 is 85.6 Å². The summed E-state index contributed by atoms with van der Waals surface area (Å²) in [6, 6.07) is 0. The molecule has 0 aliphatic carbocycles. The Morgan fingerprint density at radius 2 is 0.367 bits per heavy atom. The minimum Gasteiger partial charge on any atom is -0.381 e. The highest BCUT2D eigenvalue weighted by molar-refractivity contribution is 5.81. The lowest BCUT2D eigenvalue weighted by atomic mass is 10.0. The zero-order chi connectivity index (χ0) is 102. The molecule has 18 heteroatoms. The van der Waals surface area contributed by atoms with E-state index in [4.69, 9.17) is 56.8 Å². The number of hydrogen-bond donors (Lipinski definition) is 0. The summed E-state index contributed by atoms with van der Waals surface area (Å²) in [4.78, 5) is 76.3. The van der Waals surface area contributed by atoms with Crippen molar-refractivity contribution in [2.24, 2.45) is 0 Å². The SMILES string of the molecule is CCCCCCC(C/C=C\CCCCCCCC(=O)COCC(COCC(=O)CCCCCCC/C=C\CC(CCCCCC)OC)OCC(=O)CCCCCCC/C=C\CC(C)OC)OC.CCCCCCC(CCCCCCCCCCC(=O)COCC(COCC(=O)CCCCCCCCCCC(CCCCCC)OC)OCC(=O)CCCCCCCCCCC(CCCCCC)OC)OC. The Morgan fingerprint density at radius 1 is 0.187 bits per heavy atom. The number of rotatable bonds is 116. The number of allylic oxidation sites excluding steroid dienone is 3.